The minimum Gasteiger partial charge on any atom is -0.342 e. The molecule has 4 aliphatic rings. The maximum atomic E-state index is 12.9. The molecule has 0 aromatic rings. The van der Waals surface area contributed by atoms with Gasteiger partial charge in [-0.1, -0.05) is 0 Å². The molecule has 1 aliphatic carbocycles. The molecular weight excluding hydrogens is 314 g/mol. The lowest BCUT2D eigenvalue weighted by Gasteiger charge is -2.35. The summed E-state index contributed by atoms with van der Waals surface area (Å²) in [5, 5.41) is 3.63. The van der Waals surface area contributed by atoms with Gasteiger partial charge in [0.1, 0.15) is 0 Å². The second-order valence-electron chi connectivity index (χ2n) is 7.61. The van der Waals surface area contributed by atoms with Crippen LogP contribution in [0.15, 0.2) is 0 Å². The van der Waals surface area contributed by atoms with Gasteiger partial charge in [0.15, 0.2) is 0 Å². The summed E-state index contributed by atoms with van der Waals surface area (Å²) in [7, 11) is 0. The Hall–Kier alpha value is -0.810. The van der Waals surface area contributed by atoms with Crippen molar-refractivity contribution in [3.8, 4) is 0 Å². The molecule has 3 saturated heterocycles. The fraction of sp³-hybridized carbons (Fsp3) is 0.882. The third kappa shape index (κ3) is 3.66. The van der Waals surface area contributed by atoms with E-state index in [1.165, 1.54) is 12.8 Å². The Morgan fingerprint density at radius 3 is 2.22 bits per heavy atom. The molecule has 6 heteroatoms. The summed E-state index contributed by atoms with van der Waals surface area (Å²) < 4.78 is 0. The highest BCUT2D eigenvalue weighted by molar-refractivity contribution is 5.85. The Kier molecular flexibility index (Phi) is 5.16. The molecule has 1 saturated carbocycles. The predicted molar refractivity (Wildman–Crippen MR) is 90.4 cm³/mol. The number of nitrogens with zero attached hydrogens (tertiary/aromatic N) is 2. The molecule has 3 heterocycles. The molecule has 3 atom stereocenters. The van der Waals surface area contributed by atoms with E-state index in [0.29, 0.717) is 30.4 Å². The van der Waals surface area contributed by atoms with E-state index in [9.17, 15) is 9.59 Å². The molecule has 4 rings (SSSR count). The fourth-order valence-corrected chi connectivity index (χ4v) is 4.37. The average molecular weight is 342 g/mol. The summed E-state index contributed by atoms with van der Waals surface area (Å²) in [5.74, 6) is 0.900. The number of halogens is 1. The highest BCUT2D eigenvalue weighted by Crippen LogP contribution is 2.33. The minimum atomic E-state index is 0. The van der Waals surface area contributed by atoms with Crippen molar-refractivity contribution in [3.63, 3.8) is 0 Å². The molecule has 130 valence electrons. The Bertz CT molecular complexity index is 469. The van der Waals surface area contributed by atoms with Crippen molar-refractivity contribution in [2.45, 2.75) is 57.0 Å². The van der Waals surface area contributed by atoms with E-state index < -0.39 is 0 Å². The largest absolute Gasteiger partial charge is 0.342 e. The van der Waals surface area contributed by atoms with Gasteiger partial charge in [0.2, 0.25) is 11.8 Å². The lowest BCUT2D eigenvalue weighted by molar-refractivity contribution is -0.141. The molecule has 4 fully saturated rings. The Balaban J connectivity index is 0.00000156. The van der Waals surface area contributed by atoms with E-state index in [2.05, 4.69) is 10.2 Å². The van der Waals surface area contributed by atoms with Crippen LogP contribution in [0.2, 0.25) is 0 Å². The van der Waals surface area contributed by atoms with Gasteiger partial charge in [-0.2, -0.15) is 0 Å². The maximum absolute atomic E-state index is 12.9. The second kappa shape index (κ2) is 6.98. The number of fused-ring (bicyclic) bond motifs is 2. The number of hydrogen-bond acceptors (Lipinski definition) is 3. The van der Waals surface area contributed by atoms with E-state index in [4.69, 9.17) is 0 Å². The van der Waals surface area contributed by atoms with Gasteiger partial charge in [0, 0.05) is 44.2 Å². The number of amides is 2. The van der Waals surface area contributed by atoms with Gasteiger partial charge < -0.3 is 15.1 Å². The predicted octanol–water partition coefficient (Wildman–Crippen LogP) is 1.41. The van der Waals surface area contributed by atoms with Gasteiger partial charge in [-0.25, -0.2) is 0 Å². The van der Waals surface area contributed by atoms with Crippen molar-refractivity contribution >= 4 is 24.2 Å². The molecular formula is C17H28ClN3O2. The van der Waals surface area contributed by atoms with Crippen LogP contribution < -0.4 is 5.32 Å². The van der Waals surface area contributed by atoms with Crippen LogP contribution in [0.1, 0.15) is 44.9 Å². The molecule has 3 unspecified atom stereocenters. The maximum Gasteiger partial charge on any atom is 0.227 e. The second-order valence-corrected chi connectivity index (χ2v) is 7.61. The van der Waals surface area contributed by atoms with Crippen molar-refractivity contribution in [1.82, 2.24) is 15.1 Å². The van der Waals surface area contributed by atoms with Crippen LogP contribution in [0.5, 0.6) is 0 Å². The van der Waals surface area contributed by atoms with Gasteiger partial charge >= 0.3 is 0 Å². The van der Waals surface area contributed by atoms with Gasteiger partial charge in [0.05, 0.1) is 5.92 Å². The Labute approximate surface area is 144 Å². The van der Waals surface area contributed by atoms with Crippen LogP contribution >= 0.6 is 12.4 Å². The number of carbonyl (C=O) groups excluding carboxylic acids is 2. The zero-order valence-electron chi connectivity index (χ0n) is 13.7. The lowest BCUT2D eigenvalue weighted by Crippen LogP contribution is -2.48. The smallest absolute Gasteiger partial charge is 0.227 e. The van der Waals surface area contributed by atoms with Gasteiger partial charge in [-0.05, 0) is 44.9 Å². The first kappa shape index (κ1) is 17.0. The van der Waals surface area contributed by atoms with Crippen LogP contribution in [0.4, 0.5) is 0 Å². The SMILES string of the molecule is Cl.O=C(C1CCCN(C(=O)C2CC2)C1)N1CCC2CCC(C1)N2. The summed E-state index contributed by atoms with van der Waals surface area (Å²) in [6.45, 7) is 3.26. The van der Waals surface area contributed by atoms with Crippen molar-refractivity contribution in [1.29, 1.82) is 0 Å². The average Bonchev–Trinajstić information content (AvgIpc) is 3.31. The van der Waals surface area contributed by atoms with E-state index in [1.54, 1.807) is 0 Å². The van der Waals surface area contributed by atoms with Crippen LogP contribution in [-0.2, 0) is 9.59 Å². The lowest BCUT2D eigenvalue weighted by atomic mass is 9.95. The first-order valence-corrected chi connectivity index (χ1v) is 9.04. The third-order valence-electron chi connectivity index (χ3n) is 5.84. The normalized spacial score (nSPS) is 33.8. The highest BCUT2D eigenvalue weighted by atomic mass is 35.5. The van der Waals surface area contributed by atoms with Crippen LogP contribution in [0, 0.1) is 11.8 Å². The van der Waals surface area contributed by atoms with Crippen molar-refractivity contribution in [2.24, 2.45) is 11.8 Å². The van der Waals surface area contributed by atoms with Gasteiger partial charge in [0.25, 0.3) is 0 Å². The molecule has 3 aliphatic heterocycles. The molecule has 5 nitrogen and oxygen atoms in total. The molecule has 2 amide bonds. The first-order chi connectivity index (χ1) is 10.7. The molecule has 0 spiro atoms. The van der Waals surface area contributed by atoms with Crippen LogP contribution in [0.25, 0.3) is 0 Å². The summed E-state index contributed by atoms with van der Waals surface area (Å²) in [6, 6.07) is 1.10. The number of piperidine rings is 1. The fourth-order valence-electron chi connectivity index (χ4n) is 4.37. The summed E-state index contributed by atoms with van der Waals surface area (Å²) in [4.78, 5) is 29.2. The minimum absolute atomic E-state index is 0. The monoisotopic (exact) mass is 341 g/mol. The van der Waals surface area contributed by atoms with E-state index in [1.807, 2.05) is 4.90 Å². The number of likely N-dealkylation sites (tertiary alicyclic amines) is 2. The molecule has 0 aromatic carbocycles. The number of carbonyl (C=O) groups is 2. The molecule has 1 N–H and O–H groups in total. The van der Waals surface area contributed by atoms with Crippen molar-refractivity contribution in [2.75, 3.05) is 26.2 Å². The topological polar surface area (TPSA) is 52.7 Å². The number of rotatable bonds is 2. The van der Waals surface area contributed by atoms with Gasteiger partial charge in [-0.3, -0.25) is 9.59 Å². The molecule has 23 heavy (non-hydrogen) atoms. The van der Waals surface area contributed by atoms with Crippen molar-refractivity contribution < 1.29 is 9.59 Å². The zero-order chi connectivity index (χ0) is 15.1. The molecule has 2 bridgehead atoms. The highest BCUT2D eigenvalue weighted by Gasteiger charge is 2.39. The van der Waals surface area contributed by atoms with E-state index >= 15 is 0 Å². The van der Waals surface area contributed by atoms with Crippen LogP contribution in [0.3, 0.4) is 0 Å². The summed E-state index contributed by atoms with van der Waals surface area (Å²) >= 11 is 0. The number of nitrogens with one attached hydrogen (secondary N) is 1. The Morgan fingerprint density at radius 1 is 0.739 bits per heavy atom. The van der Waals surface area contributed by atoms with Crippen molar-refractivity contribution in [3.05, 3.63) is 0 Å². The first-order valence-electron chi connectivity index (χ1n) is 9.04. The standard InChI is InChI=1S/C17H27N3O2.ClH/c21-16(12-3-4-12)19-8-1-2-13(10-19)17(22)20-9-7-14-5-6-15(11-20)18-14;/h12-15,18H,1-11H2;1H. The molecule has 0 radical (unpaired) electrons. The van der Waals surface area contributed by atoms with Gasteiger partial charge in [-0.15, -0.1) is 12.4 Å². The van der Waals surface area contributed by atoms with Crippen LogP contribution in [-0.4, -0.2) is 59.9 Å². The number of hydrogen-bond donors (Lipinski definition) is 1. The summed E-state index contributed by atoms with van der Waals surface area (Å²) in [5.41, 5.74) is 0. The quantitative estimate of drug-likeness (QED) is 0.826. The third-order valence-corrected chi connectivity index (χ3v) is 5.84. The molecule has 0 aromatic heterocycles. The summed E-state index contributed by atoms with van der Waals surface area (Å²) in [6.07, 6.45) is 7.58. The van der Waals surface area contributed by atoms with E-state index in [0.717, 1.165) is 51.7 Å². The van der Waals surface area contributed by atoms with E-state index in [-0.39, 0.29) is 24.2 Å². The zero-order valence-corrected chi connectivity index (χ0v) is 14.5. The Morgan fingerprint density at radius 2 is 1.43 bits per heavy atom.